The smallest absolute Gasteiger partial charge is 0.323 e. The SMILES string of the molecule is COC(=O)C1Cc2c([nH]c3ccccc23)C2CC(NCCO)CC(c3cccc(OC)c3)N12. The molecule has 0 spiro atoms. The number of aliphatic hydroxyl groups is 1. The van der Waals surface area contributed by atoms with Crippen LogP contribution < -0.4 is 10.1 Å². The molecule has 2 aromatic carbocycles. The van der Waals surface area contributed by atoms with Crippen molar-refractivity contribution in [3.05, 3.63) is 65.4 Å². The van der Waals surface area contributed by atoms with Gasteiger partial charge in [-0.2, -0.15) is 0 Å². The van der Waals surface area contributed by atoms with E-state index in [0.29, 0.717) is 13.0 Å². The van der Waals surface area contributed by atoms with Crippen LogP contribution in [0.2, 0.25) is 0 Å². The number of fused-ring (bicyclic) bond motifs is 5. The Morgan fingerprint density at radius 1 is 1.15 bits per heavy atom. The van der Waals surface area contributed by atoms with E-state index in [1.807, 2.05) is 24.3 Å². The third-order valence-corrected chi connectivity index (χ3v) is 7.17. The summed E-state index contributed by atoms with van der Waals surface area (Å²) in [5, 5.41) is 14.1. The van der Waals surface area contributed by atoms with Gasteiger partial charge in [0.15, 0.2) is 0 Å². The molecule has 4 atom stereocenters. The summed E-state index contributed by atoms with van der Waals surface area (Å²) in [6.07, 6.45) is 2.28. The summed E-state index contributed by atoms with van der Waals surface area (Å²) >= 11 is 0. The predicted molar refractivity (Wildman–Crippen MR) is 126 cm³/mol. The van der Waals surface area contributed by atoms with Crippen LogP contribution in [0.4, 0.5) is 0 Å². The van der Waals surface area contributed by atoms with Crippen LogP contribution in [0.1, 0.15) is 41.7 Å². The fraction of sp³-hybridized carbons (Fsp3) is 0.423. The maximum atomic E-state index is 13.1. The lowest BCUT2D eigenvalue weighted by atomic mass is 9.79. The van der Waals surface area contributed by atoms with Gasteiger partial charge in [-0.05, 0) is 42.2 Å². The van der Waals surface area contributed by atoms with Crippen LogP contribution in [0.15, 0.2) is 48.5 Å². The predicted octanol–water partition coefficient (Wildman–Crippen LogP) is 3.10. The number of hydrogen-bond acceptors (Lipinski definition) is 6. The van der Waals surface area contributed by atoms with E-state index in [2.05, 4.69) is 39.5 Å². The van der Waals surface area contributed by atoms with Gasteiger partial charge in [0.05, 0.1) is 26.9 Å². The Balaban J connectivity index is 1.64. The maximum Gasteiger partial charge on any atom is 0.323 e. The number of carbonyl (C=O) groups excluding carboxylic acids is 1. The van der Waals surface area contributed by atoms with Crippen molar-refractivity contribution >= 4 is 16.9 Å². The monoisotopic (exact) mass is 449 g/mol. The highest BCUT2D eigenvalue weighted by Gasteiger charge is 2.48. The molecule has 7 heteroatoms. The summed E-state index contributed by atoms with van der Waals surface area (Å²) in [6, 6.07) is 16.2. The lowest BCUT2D eigenvalue weighted by Gasteiger charge is -2.50. The van der Waals surface area contributed by atoms with E-state index in [9.17, 15) is 9.90 Å². The van der Waals surface area contributed by atoms with E-state index < -0.39 is 0 Å². The number of nitrogens with zero attached hydrogens (tertiary/aromatic N) is 1. The zero-order valence-corrected chi connectivity index (χ0v) is 19.1. The minimum atomic E-state index is -0.373. The van der Waals surface area contributed by atoms with Gasteiger partial charge in [-0.15, -0.1) is 0 Å². The summed E-state index contributed by atoms with van der Waals surface area (Å²) in [5.41, 5.74) is 4.59. The van der Waals surface area contributed by atoms with E-state index >= 15 is 0 Å². The Hall–Kier alpha value is -2.87. The number of piperidine rings is 1. The zero-order chi connectivity index (χ0) is 22.9. The molecule has 2 aliphatic heterocycles. The second-order valence-electron chi connectivity index (χ2n) is 8.91. The molecule has 3 aromatic rings. The van der Waals surface area contributed by atoms with Crippen LogP contribution in [-0.4, -0.2) is 60.4 Å². The summed E-state index contributed by atoms with van der Waals surface area (Å²) in [7, 11) is 3.14. The molecule has 0 amide bonds. The number of methoxy groups -OCH3 is 2. The highest BCUT2D eigenvalue weighted by molar-refractivity contribution is 5.87. The second kappa shape index (κ2) is 9.17. The molecule has 7 nitrogen and oxygen atoms in total. The third kappa shape index (κ3) is 3.90. The first kappa shape index (κ1) is 21.9. The third-order valence-electron chi connectivity index (χ3n) is 7.17. The topological polar surface area (TPSA) is 86.8 Å². The molecule has 0 radical (unpaired) electrons. The van der Waals surface area contributed by atoms with Gasteiger partial charge in [-0.3, -0.25) is 9.69 Å². The van der Waals surface area contributed by atoms with Crippen molar-refractivity contribution in [3.63, 3.8) is 0 Å². The lowest BCUT2D eigenvalue weighted by Crippen LogP contribution is -2.55. The number of H-pyrrole nitrogens is 1. The van der Waals surface area contributed by atoms with Gasteiger partial charge in [0, 0.05) is 41.6 Å². The minimum absolute atomic E-state index is 0.00120. The molecule has 3 heterocycles. The molecular formula is C26H31N3O4. The Morgan fingerprint density at radius 3 is 2.76 bits per heavy atom. The maximum absolute atomic E-state index is 13.1. The summed E-state index contributed by atoms with van der Waals surface area (Å²) in [5.74, 6) is 0.595. The van der Waals surface area contributed by atoms with Crippen LogP contribution in [-0.2, 0) is 16.0 Å². The molecule has 3 N–H and O–H groups in total. The number of hydrogen-bond donors (Lipinski definition) is 3. The first-order valence-corrected chi connectivity index (χ1v) is 11.6. The van der Waals surface area contributed by atoms with Crippen molar-refractivity contribution in [2.45, 2.75) is 43.4 Å². The van der Waals surface area contributed by atoms with Gasteiger partial charge in [-0.1, -0.05) is 30.3 Å². The summed E-state index contributed by atoms with van der Waals surface area (Å²) in [6.45, 7) is 0.638. The van der Waals surface area contributed by atoms with Gasteiger partial charge in [0.25, 0.3) is 0 Å². The molecule has 2 aliphatic rings. The first-order chi connectivity index (χ1) is 16.1. The number of ether oxygens (including phenoxy) is 2. The van der Waals surface area contributed by atoms with E-state index in [-0.39, 0.29) is 36.7 Å². The molecule has 1 saturated heterocycles. The van der Waals surface area contributed by atoms with Crippen LogP contribution in [0.5, 0.6) is 5.75 Å². The molecule has 1 aromatic heterocycles. The first-order valence-electron chi connectivity index (χ1n) is 11.6. The van der Waals surface area contributed by atoms with Crippen LogP contribution in [0.25, 0.3) is 10.9 Å². The Bertz CT molecular complexity index is 1140. The molecule has 33 heavy (non-hydrogen) atoms. The van der Waals surface area contributed by atoms with Crippen LogP contribution in [0, 0.1) is 0 Å². The van der Waals surface area contributed by atoms with Crippen LogP contribution >= 0.6 is 0 Å². The normalized spacial score (nSPS) is 24.8. The van der Waals surface area contributed by atoms with Gasteiger partial charge < -0.3 is 24.9 Å². The van der Waals surface area contributed by atoms with Gasteiger partial charge in [0.1, 0.15) is 11.8 Å². The van der Waals surface area contributed by atoms with E-state index in [0.717, 1.165) is 29.7 Å². The van der Waals surface area contributed by atoms with Crippen LogP contribution in [0.3, 0.4) is 0 Å². The number of para-hydroxylation sites is 1. The van der Waals surface area contributed by atoms with Crippen molar-refractivity contribution in [2.24, 2.45) is 0 Å². The highest BCUT2D eigenvalue weighted by atomic mass is 16.5. The largest absolute Gasteiger partial charge is 0.497 e. The minimum Gasteiger partial charge on any atom is -0.497 e. The number of nitrogens with one attached hydrogen (secondary N) is 2. The molecule has 5 rings (SSSR count). The van der Waals surface area contributed by atoms with Gasteiger partial charge in [-0.25, -0.2) is 0 Å². The Labute approximate surface area is 193 Å². The van der Waals surface area contributed by atoms with Crippen molar-refractivity contribution in [1.29, 1.82) is 0 Å². The molecular weight excluding hydrogens is 418 g/mol. The van der Waals surface area contributed by atoms with Crippen molar-refractivity contribution in [1.82, 2.24) is 15.2 Å². The molecule has 0 aliphatic carbocycles. The van der Waals surface area contributed by atoms with Crippen molar-refractivity contribution in [2.75, 3.05) is 27.4 Å². The number of aliphatic hydroxyl groups excluding tert-OH is 1. The molecule has 1 fully saturated rings. The summed E-state index contributed by atoms with van der Waals surface area (Å²) < 4.78 is 10.8. The molecule has 4 unspecified atom stereocenters. The number of rotatable bonds is 6. The summed E-state index contributed by atoms with van der Waals surface area (Å²) in [4.78, 5) is 19.1. The number of aromatic nitrogens is 1. The van der Waals surface area contributed by atoms with E-state index in [1.165, 1.54) is 23.8 Å². The van der Waals surface area contributed by atoms with Gasteiger partial charge in [0.2, 0.25) is 0 Å². The van der Waals surface area contributed by atoms with Gasteiger partial charge >= 0.3 is 5.97 Å². The zero-order valence-electron chi connectivity index (χ0n) is 19.1. The van der Waals surface area contributed by atoms with Crippen molar-refractivity contribution in [3.8, 4) is 5.75 Å². The number of aromatic amines is 1. The number of benzene rings is 2. The standard InChI is InChI=1S/C26H31N3O4/c1-32-18-7-5-6-16(12-18)22-13-17(27-10-11-30)14-23-25-20(15-24(29(22)23)26(31)33-2)19-8-3-4-9-21(19)28-25/h3-9,12,17,22-24,27-28,30H,10-11,13-15H2,1-2H3. The Kier molecular flexibility index (Phi) is 6.10. The molecule has 174 valence electrons. The Morgan fingerprint density at radius 2 is 1.97 bits per heavy atom. The molecule has 0 saturated carbocycles. The quantitative estimate of drug-likeness (QED) is 0.502. The number of esters is 1. The van der Waals surface area contributed by atoms with E-state index in [4.69, 9.17) is 9.47 Å². The average molecular weight is 450 g/mol. The van der Waals surface area contributed by atoms with E-state index in [1.54, 1.807) is 7.11 Å². The fourth-order valence-electron chi connectivity index (χ4n) is 5.75. The average Bonchev–Trinajstić information content (AvgIpc) is 3.25. The highest BCUT2D eigenvalue weighted by Crippen LogP contribution is 2.49. The fourth-order valence-corrected chi connectivity index (χ4v) is 5.75. The second-order valence-corrected chi connectivity index (χ2v) is 8.91. The molecule has 0 bridgehead atoms. The number of carbonyl (C=O) groups is 1. The lowest BCUT2D eigenvalue weighted by molar-refractivity contribution is -0.152. The van der Waals surface area contributed by atoms with Crippen molar-refractivity contribution < 1.29 is 19.4 Å².